The van der Waals surface area contributed by atoms with E-state index in [1.54, 1.807) is 6.92 Å². The summed E-state index contributed by atoms with van der Waals surface area (Å²) in [6.45, 7) is 1.98. The van der Waals surface area contributed by atoms with Gasteiger partial charge in [-0.3, -0.25) is 19.2 Å². The van der Waals surface area contributed by atoms with Crippen LogP contribution in [0.3, 0.4) is 0 Å². The number of terminal acetylenes is 1. The number of carbonyl (C=O) groups excluding carboxylic acids is 5. The number of carbonyl (C=O) groups is 6. The molecule has 2 unspecified atom stereocenters. The summed E-state index contributed by atoms with van der Waals surface area (Å²) in [5.74, 6) is -2.57. The van der Waals surface area contributed by atoms with E-state index in [1.165, 1.54) is 4.90 Å². The molecule has 0 radical (unpaired) electrons. The second-order valence-corrected chi connectivity index (χ2v) is 13.8. The van der Waals surface area contributed by atoms with Crippen molar-refractivity contribution in [1.82, 2.24) is 20.9 Å². The van der Waals surface area contributed by atoms with E-state index in [4.69, 9.17) is 12.2 Å². The van der Waals surface area contributed by atoms with E-state index in [2.05, 4.69) is 21.9 Å². The quantitative estimate of drug-likeness (QED) is 0.169. The Labute approximate surface area is 275 Å². The summed E-state index contributed by atoms with van der Waals surface area (Å²) >= 11 is 0. The third kappa shape index (κ3) is 7.14. The first-order chi connectivity index (χ1) is 22.4. The normalized spacial score (nSPS) is 23.8. The molecule has 5 rings (SSSR count). The van der Waals surface area contributed by atoms with Crippen LogP contribution in [0.1, 0.15) is 75.8 Å². The van der Waals surface area contributed by atoms with Crippen molar-refractivity contribution in [3.63, 3.8) is 0 Å². The van der Waals surface area contributed by atoms with Gasteiger partial charge in [0.1, 0.15) is 17.6 Å². The number of nitrogens with zero attached hydrogens (tertiary/aromatic N) is 1. The molecule has 5 atom stereocenters. The van der Waals surface area contributed by atoms with E-state index in [0.29, 0.717) is 32.1 Å². The summed E-state index contributed by atoms with van der Waals surface area (Å²) in [5, 5.41) is 18.2. The molecule has 1 heterocycles. The first kappa shape index (κ1) is 33.9. The number of carboxylic acid groups (broad SMARTS) is 1. The molecule has 0 aromatic heterocycles. The number of hydrogen-bond donors (Lipinski definition) is 5. The first-order valence-corrected chi connectivity index (χ1v) is 16.7. The van der Waals surface area contributed by atoms with E-state index in [0.717, 1.165) is 30.4 Å². The molecule has 6 N–H and O–H groups in total. The largest absolute Gasteiger partial charge is 0.480 e. The molecule has 3 fully saturated rings. The maximum atomic E-state index is 14.6. The fraction of sp³-hybridized carbons (Fsp3) is 0.600. The van der Waals surface area contributed by atoms with Crippen LogP contribution in [0.15, 0.2) is 24.3 Å². The lowest BCUT2D eigenvalue weighted by atomic mass is 9.80. The lowest BCUT2D eigenvalue weighted by Crippen LogP contribution is -2.62. The highest BCUT2D eigenvalue weighted by atomic mass is 16.4. The Morgan fingerprint density at radius 2 is 1.66 bits per heavy atom. The number of nitrogens with one attached hydrogen (secondary N) is 3. The number of benzene rings is 1. The van der Waals surface area contributed by atoms with Crippen LogP contribution < -0.4 is 21.7 Å². The topological polar surface area (TPSA) is 188 Å². The van der Waals surface area contributed by atoms with Gasteiger partial charge in [0, 0.05) is 18.4 Å². The average molecular weight is 648 g/mol. The summed E-state index contributed by atoms with van der Waals surface area (Å²) in [7, 11) is 0. The number of ketones is 1. The highest BCUT2D eigenvalue weighted by Gasteiger charge is 2.49. The zero-order chi connectivity index (χ0) is 33.9. The number of rotatable bonds is 12. The number of aliphatic carboxylic acids is 1. The molecule has 252 valence electrons. The Kier molecular flexibility index (Phi) is 10.2. The Morgan fingerprint density at radius 1 is 1.02 bits per heavy atom. The van der Waals surface area contributed by atoms with E-state index in [-0.39, 0.29) is 37.6 Å². The Morgan fingerprint density at radius 3 is 2.19 bits per heavy atom. The van der Waals surface area contributed by atoms with Crippen molar-refractivity contribution in [2.75, 3.05) is 6.54 Å². The number of carboxylic acids is 1. The van der Waals surface area contributed by atoms with Crippen LogP contribution in [-0.4, -0.2) is 75.7 Å². The lowest BCUT2D eigenvalue weighted by molar-refractivity contribution is -0.144. The minimum absolute atomic E-state index is 0.176. The molecule has 1 aromatic rings. The van der Waals surface area contributed by atoms with Crippen molar-refractivity contribution < 1.29 is 33.9 Å². The second kappa shape index (κ2) is 14.2. The highest BCUT2D eigenvalue weighted by Crippen LogP contribution is 2.36. The van der Waals surface area contributed by atoms with Crippen molar-refractivity contribution in [3.05, 3.63) is 35.4 Å². The maximum absolute atomic E-state index is 14.6. The fourth-order valence-corrected chi connectivity index (χ4v) is 7.92. The molecule has 12 nitrogen and oxygen atoms in total. The number of primary amides is 1. The van der Waals surface area contributed by atoms with Gasteiger partial charge >= 0.3 is 12.0 Å². The van der Waals surface area contributed by atoms with Crippen LogP contribution in [0.5, 0.6) is 0 Å². The van der Waals surface area contributed by atoms with E-state index >= 15 is 0 Å². The van der Waals surface area contributed by atoms with Crippen molar-refractivity contribution in [2.45, 2.75) is 101 Å². The van der Waals surface area contributed by atoms with Crippen LogP contribution in [0, 0.1) is 36.0 Å². The van der Waals surface area contributed by atoms with Crippen LogP contribution in [0.25, 0.3) is 0 Å². The van der Waals surface area contributed by atoms with Gasteiger partial charge in [-0.2, -0.15) is 0 Å². The van der Waals surface area contributed by atoms with Gasteiger partial charge in [0.05, 0.1) is 6.04 Å². The molecule has 0 bridgehead atoms. The van der Waals surface area contributed by atoms with Crippen LogP contribution in [-0.2, 0) is 36.8 Å². The predicted molar refractivity (Wildman–Crippen MR) is 171 cm³/mol. The second-order valence-electron chi connectivity index (χ2n) is 13.8. The van der Waals surface area contributed by atoms with E-state index in [9.17, 15) is 33.9 Å². The monoisotopic (exact) mass is 647 g/mol. The molecule has 1 aromatic carbocycles. The summed E-state index contributed by atoms with van der Waals surface area (Å²) in [4.78, 5) is 80.4. The minimum atomic E-state index is -1.41. The molecule has 47 heavy (non-hydrogen) atoms. The van der Waals surface area contributed by atoms with Gasteiger partial charge in [0.15, 0.2) is 0 Å². The van der Waals surface area contributed by atoms with Gasteiger partial charge in [-0.1, -0.05) is 63.3 Å². The third-order valence-electron chi connectivity index (χ3n) is 10.9. The zero-order valence-electron chi connectivity index (χ0n) is 26.8. The van der Waals surface area contributed by atoms with Gasteiger partial charge in [-0.15, -0.1) is 12.3 Å². The number of nitrogens with two attached hydrogens (primary N) is 1. The molecule has 1 aliphatic heterocycles. The van der Waals surface area contributed by atoms with Gasteiger partial charge < -0.3 is 31.7 Å². The van der Waals surface area contributed by atoms with Crippen molar-refractivity contribution in [1.29, 1.82) is 0 Å². The summed E-state index contributed by atoms with van der Waals surface area (Å²) in [6, 6.07) is 3.76. The lowest BCUT2D eigenvalue weighted by Gasteiger charge is -2.35. The molecule has 2 saturated carbocycles. The average Bonchev–Trinajstić information content (AvgIpc) is 3.78. The van der Waals surface area contributed by atoms with Crippen LogP contribution >= 0.6 is 0 Å². The summed E-state index contributed by atoms with van der Waals surface area (Å²) < 4.78 is 0. The molecule has 0 spiro atoms. The SMILES string of the molecule is C#CC(C)[C@H]1CCN(C(=O)[C@@H](NC(=O)NC2(C(=O)O)CCCC2)C2Cc3ccccc3C2)[C@@H]1C(=O)NC(CC1CCC1)C(=O)C(N)=O. The van der Waals surface area contributed by atoms with Gasteiger partial charge in [-0.05, 0) is 61.5 Å². The number of hydrogen-bond acceptors (Lipinski definition) is 6. The van der Waals surface area contributed by atoms with Gasteiger partial charge in [0.25, 0.3) is 5.91 Å². The van der Waals surface area contributed by atoms with Gasteiger partial charge in [0.2, 0.25) is 17.6 Å². The number of Topliss-reactive ketones (excluding diaryl/α,β-unsaturated/α-hetero) is 1. The smallest absolute Gasteiger partial charge is 0.329 e. The van der Waals surface area contributed by atoms with Crippen molar-refractivity contribution in [3.8, 4) is 12.3 Å². The Balaban J connectivity index is 1.42. The molecular weight excluding hydrogens is 602 g/mol. The Bertz CT molecular complexity index is 1440. The molecule has 4 aliphatic rings. The van der Waals surface area contributed by atoms with Crippen LogP contribution in [0.2, 0.25) is 0 Å². The number of likely N-dealkylation sites (tertiary alicyclic amines) is 1. The highest BCUT2D eigenvalue weighted by molar-refractivity contribution is 6.37. The molecule has 5 amide bonds. The third-order valence-corrected chi connectivity index (χ3v) is 10.9. The first-order valence-electron chi connectivity index (χ1n) is 16.7. The van der Waals surface area contributed by atoms with E-state index in [1.807, 2.05) is 24.3 Å². The Hall–Kier alpha value is -4.40. The van der Waals surface area contributed by atoms with E-state index < -0.39 is 71.0 Å². The molecule has 1 saturated heterocycles. The summed E-state index contributed by atoms with van der Waals surface area (Å²) in [5.41, 5.74) is 6.02. The fourth-order valence-electron chi connectivity index (χ4n) is 7.92. The molecule has 12 heteroatoms. The molecular formula is C35H45N5O7. The van der Waals surface area contributed by atoms with Gasteiger partial charge in [-0.25, -0.2) is 9.59 Å². The maximum Gasteiger partial charge on any atom is 0.329 e. The number of fused-ring (bicyclic) bond motifs is 1. The number of amides is 5. The predicted octanol–water partition coefficient (Wildman–Crippen LogP) is 1.68. The standard InChI is InChI=1S/C35H45N5O7/c1-3-20(2)25-13-16-40(28(25)31(43)37-26(29(41)30(36)42)17-21-9-8-10-21)32(44)27(24-18-22-11-4-5-12-23(22)19-24)38-34(47)39-35(33(45)46)14-6-7-15-35/h1,4-5,11-12,20-21,24-28H,6-10,13-19H2,2H3,(H2,36,42)(H,37,43)(H,45,46)(H2,38,39,47)/t20?,25-,26?,27+,28+/m1/s1. The summed E-state index contributed by atoms with van der Waals surface area (Å²) in [6.07, 6.45) is 12.1. The van der Waals surface area contributed by atoms with Crippen LogP contribution in [0.4, 0.5) is 4.79 Å². The molecule has 3 aliphatic carbocycles. The van der Waals surface area contributed by atoms with Crippen molar-refractivity contribution in [2.24, 2.45) is 29.4 Å². The number of urea groups is 1. The van der Waals surface area contributed by atoms with Crippen molar-refractivity contribution >= 4 is 35.5 Å². The zero-order valence-corrected chi connectivity index (χ0v) is 26.8. The minimum Gasteiger partial charge on any atom is -0.480 e.